The van der Waals surface area contributed by atoms with Crippen molar-refractivity contribution in [3.05, 3.63) is 47.9 Å². The third kappa shape index (κ3) is 2.29. The third-order valence-electron chi connectivity index (χ3n) is 5.73. The van der Waals surface area contributed by atoms with Gasteiger partial charge in [-0.05, 0) is 25.3 Å². The molecule has 2 N–H and O–H groups in total. The van der Waals surface area contributed by atoms with Crippen LogP contribution >= 0.6 is 0 Å². The lowest BCUT2D eigenvalue weighted by atomic mass is 9.92. The number of carbonyl (C=O) groups is 1. The number of pyridine rings is 2. The van der Waals surface area contributed by atoms with E-state index < -0.39 is 0 Å². The number of hydrogen-bond acceptors (Lipinski definition) is 5. The van der Waals surface area contributed by atoms with Gasteiger partial charge in [-0.3, -0.25) is 9.78 Å². The largest absolute Gasteiger partial charge is 0.496 e. The molecule has 6 nitrogen and oxygen atoms in total. The first-order valence-corrected chi connectivity index (χ1v) is 9.19. The summed E-state index contributed by atoms with van der Waals surface area (Å²) in [5, 5.41) is 0.793. The van der Waals surface area contributed by atoms with Gasteiger partial charge in [-0.25, -0.2) is 4.98 Å². The molecule has 0 spiro atoms. The highest BCUT2D eigenvalue weighted by Gasteiger charge is 2.38. The van der Waals surface area contributed by atoms with E-state index in [1.165, 1.54) is 6.42 Å². The summed E-state index contributed by atoms with van der Waals surface area (Å²) in [5.41, 5.74) is 10.9. The Labute approximate surface area is 157 Å². The zero-order valence-corrected chi connectivity index (χ0v) is 15.1. The van der Waals surface area contributed by atoms with Gasteiger partial charge in [0.1, 0.15) is 5.75 Å². The number of aromatic nitrogens is 2. The number of ether oxygens (including phenoxy) is 1. The second-order valence-electron chi connectivity index (χ2n) is 7.14. The Hall–Kier alpha value is -3.15. The Balaban J connectivity index is 1.71. The standard InChI is InChI=1S/C21H20N4O2/c1-27-17-8-9-23-10-15(17)13-6-3-7-14-19(22)18-16(24-20(13)14)11-25(21(18)26)12-4-2-5-12/h3,6-10,12H,2,4-5,11H2,1H3,(H2,22,24). The van der Waals surface area contributed by atoms with Gasteiger partial charge < -0.3 is 15.4 Å². The maximum Gasteiger partial charge on any atom is 0.258 e. The summed E-state index contributed by atoms with van der Waals surface area (Å²) in [5.74, 6) is 0.747. The number of rotatable bonds is 3. The predicted molar refractivity (Wildman–Crippen MR) is 103 cm³/mol. The van der Waals surface area contributed by atoms with E-state index in [1.54, 1.807) is 19.5 Å². The van der Waals surface area contributed by atoms with Crippen LogP contribution in [0.5, 0.6) is 5.75 Å². The number of methoxy groups -OCH3 is 1. The third-order valence-corrected chi connectivity index (χ3v) is 5.73. The van der Waals surface area contributed by atoms with Gasteiger partial charge in [0.25, 0.3) is 5.91 Å². The average Bonchev–Trinajstić information content (AvgIpc) is 2.96. The van der Waals surface area contributed by atoms with Crippen LogP contribution in [0.4, 0.5) is 5.69 Å². The summed E-state index contributed by atoms with van der Waals surface area (Å²) < 4.78 is 5.50. The van der Waals surface area contributed by atoms with Gasteiger partial charge in [0.05, 0.1) is 36.1 Å². The fourth-order valence-electron chi connectivity index (χ4n) is 4.06. The number of benzene rings is 1. The highest BCUT2D eigenvalue weighted by Crippen LogP contribution is 2.40. The van der Waals surface area contributed by atoms with Crippen LogP contribution in [-0.4, -0.2) is 33.9 Å². The normalized spacial score (nSPS) is 16.5. The molecular formula is C21H20N4O2. The van der Waals surface area contributed by atoms with Crippen LogP contribution in [0, 0.1) is 0 Å². The molecule has 2 aliphatic rings. The fourth-order valence-corrected chi connectivity index (χ4v) is 4.06. The summed E-state index contributed by atoms with van der Waals surface area (Å²) in [6.45, 7) is 0.539. The van der Waals surface area contributed by atoms with Crippen molar-refractivity contribution in [1.82, 2.24) is 14.9 Å². The molecule has 1 saturated carbocycles. The van der Waals surface area contributed by atoms with Crippen LogP contribution in [-0.2, 0) is 6.54 Å². The van der Waals surface area contributed by atoms with Gasteiger partial charge >= 0.3 is 0 Å². The molecule has 0 unspecified atom stereocenters. The van der Waals surface area contributed by atoms with Crippen LogP contribution in [0.2, 0.25) is 0 Å². The van der Waals surface area contributed by atoms with Crippen molar-refractivity contribution in [2.75, 3.05) is 12.8 Å². The molecule has 1 aliphatic carbocycles. The Morgan fingerprint density at radius 3 is 2.81 bits per heavy atom. The minimum Gasteiger partial charge on any atom is -0.496 e. The molecule has 1 aromatic carbocycles. The first-order chi connectivity index (χ1) is 13.2. The van der Waals surface area contributed by atoms with Crippen LogP contribution in [0.15, 0.2) is 36.7 Å². The summed E-state index contributed by atoms with van der Waals surface area (Å²) >= 11 is 0. The molecule has 3 heterocycles. The van der Waals surface area contributed by atoms with Crippen LogP contribution in [0.3, 0.4) is 0 Å². The summed E-state index contributed by atoms with van der Waals surface area (Å²) in [4.78, 5) is 24.0. The van der Waals surface area contributed by atoms with Crippen molar-refractivity contribution in [2.45, 2.75) is 31.8 Å². The lowest BCUT2D eigenvalue weighted by molar-refractivity contribution is 0.0606. The maximum atomic E-state index is 12.9. The number of nitrogens with two attached hydrogens (primary N) is 1. The number of amides is 1. The van der Waals surface area contributed by atoms with E-state index in [0.29, 0.717) is 23.8 Å². The van der Waals surface area contributed by atoms with Crippen molar-refractivity contribution in [1.29, 1.82) is 0 Å². The van der Waals surface area contributed by atoms with Gasteiger partial charge in [0.2, 0.25) is 0 Å². The SMILES string of the molecule is COc1ccncc1-c1cccc2c(N)c3c(nc12)CN(C1CCC1)C3=O. The van der Waals surface area contributed by atoms with E-state index in [4.69, 9.17) is 15.5 Å². The Kier molecular flexibility index (Phi) is 3.53. The quantitative estimate of drug-likeness (QED) is 0.774. The fraction of sp³-hybridized carbons (Fsp3) is 0.286. The number of carbonyl (C=O) groups excluding carboxylic acids is 1. The first-order valence-electron chi connectivity index (χ1n) is 9.19. The molecule has 0 radical (unpaired) electrons. The molecular weight excluding hydrogens is 340 g/mol. The molecule has 1 fully saturated rings. The number of nitrogens with zero attached hydrogens (tertiary/aromatic N) is 3. The van der Waals surface area contributed by atoms with Gasteiger partial charge in [-0.15, -0.1) is 0 Å². The van der Waals surface area contributed by atoms with Gasteiger partial charge in [-0.1, -0.05) is 18.2 Å². The van der Waals surface area contributed by atoms with E-state index in [9.17, 15) is 4.79 Å². The molecule has 6 heteroatoms. The lowest BCUT2D eigenvalue weighted by Gasteiger charge is -2.34. The van der Waals surface area contributed by atoms with Crippen molar-refractivity contribution >= 4 is 22.5 Å². The van der Waals surface area contributed by atoms with Crippen molar-refractivity contribution in [3.8, 4) is 16.9 Å². The highest BCUT2D eigenvalue weighted by molar-refractivity contribution is 6.11. The number of fused-ring (bicyclic) bond motifs is 2. The minimum absolute atomic E-state index is 0.0194. The van der Waals surface area contributed by atoms with Crippen LogP contribution in [0.1, 0.15) is 35.3 Å². The lowest BCUT2D eigenvalue weighted by Crippen LogP contribution is -2.40. The molecule has 5 rings (SSSR count). The van der Waals surface area contributed by atoms with E-state index in [0.717, 1.165) is 46.3 Å². The molecule has 1 aliphatic heterocycles. The zero-order valence-electron chi connectivity index (χ0n) is 15.1. The molecule has 136 valence electrons. The molecule has 2 aromatic heterocycles. The number of para-hydroxylation sites is 1. The molecule has 1 amide bonds. The maximum absolute atomic E-state index is 12.9. The summed E-state index contributed by atoms with van der Waals surface area (Å²) in [7, 11) is 1.64. The predicted octanol–water partition coefficient (Wildman–Crippen LogP) is 3.40. The van der Waals surface area contributed by atoms with E-state index in [2.05, 4.69) is 4.98 Å². The number of nitrogen functional groups attached to an aromatic ring is 1. The topological polar surface area (TPSA) is 81.3 Å². The number of anilines is 1. The van der Waals surface area contributed by atoms with Crippen molar-refractivity contribution in [2.24, 2.45) is 0 Å². The molecule has 3 aromatic rings. The van der Waals surface area contributed by atoms with E-state index in [1.807, 2.05) is 29.2 Å². The smallest absolute Gasteiger partial charge is 0.258 e. The van der Waals surface area contributed by atoms with Crippen LogP contribution < -0.4 is 10.5 Å². The second-order valence-corrected chi connectivity index (χ2v) is 7.14. The average molecular weight is 360 g/mol. The van der Waals surface area contributed by atoms with Gasteiger partial charge in [-0.2, -0.15) is 0 Å². The molecule has 0 saturated heterocycles. The second kappa shape index (κ2) is 5.94. The molecule has 0 bridgehead atoms. The Bertz CT molecular complexity index is 1080. The van der Waals surface area contributed by atoms with E-state index in [-0.39, 0.29) is 5.91 Å². The van der Waals surface area contributed by atoms with Crippen LogP contribution in [0.25, 0.3) is 22.0 Å². The molecule has 27 heavy (non-hydrogen) atoms. The summed E-state index contributed by atoms with van der Waals surface area (Å²) in [6, 6.07) is 7.99. The van der Waals surface area contributed by atoms with Gasteiger partial charge in [0.15, 0.2) is 0 Å². The van der Waals surface area contributed by atoms with Crippen molar-refractivity contribution in [3.63, 3.8) is 0 Å². The van der Waals surface area contributed by atoms with Crippen molar-refractivity contribution < 1.29 is 9.53 Å². The molecule has 0 atom stereocenters. The van der Waals surface area contributed by atoms with E-state index >= 15 is 0 Å². The monoisotopic (exact) mass is 360 g/mol. The summed E-state index contributed by atoms with van der Waals surface area (Å²) in [6.07, 6.45) is 6.78. The minimum atomic E-state index is 0.0194. The Morgan fingerprint density at radius 1 is 1.22 bits per heavy atom. The highest BCUT2D eigenvalue weighted by atomic mass is 16.5. The van der Waals surface area contributed by atoms with Gasteiger partial charge in [0, 0.05) is 34.9 Å². The Morgan fingerprint density at radius 2 is 2.07 bits per heavy atom. The first kappa shape index (κ1) is 16.1. The number of hydrogen-bond donors (Lipinski definition) is 1. The zero-order chi connectivity index (χ0) is 18.5.